The molecule has 0 aliphatic heterocycles. The number of benzene rings is 1. The highest BCUT2D eigenvalue weighted by Gasteiger charge is 2.34. The third-order valence-corrected chi connectivity index (χ3v) is 4.51. The summed E-state index contributed by atoms with van der Waals surface area (Å²) in [7, 11) is 0. The minimum absolute atomic E-state index is 0.125. The SMILES string of the molecule is CCc1c(C(=O)Nc2nc(C(F)(F)F)cs2)cnn1-c1cccc(Cl)c1. The van der Waals surface area contributed by atoms with Crippen LogP contribution in [0.1, 0.15) is 28.7 Å². The summed E-state index contributed by atoms with van der Waals surface area (Å²) in [6.45, 7) is 1.85. The number of rotatable bonds is 4. The molecule has 0 saturated heterocycles. The van der Waals surface area contributed by atoms with Crippen molar-refractivity contribution in [2.24, 2.45) is 0 Å². The fraction of sp³-hybridized carbons (Fsp3) is 0.188. The fourth-order valence-corrected chi connectivity index (χ4v) is 3.26. The average molecular weight is 401 g/mol. The van der Waals surface area contributed by atoms with E-state index in [1.807, 2.05) is 6.92 Å². The van der Waals surface area contributed by atoms with Crippen molar-refractivity contribution in [2.45, 2.75) is 19.5 Å². The topological polar surface area (TPSA) is 59.8 Å². The van der Waals surface area contributed by atoms with Gasteiger partial charge in [-0.15, -0.1) is 11.3 Å². The van der Waals surface area contributed by atoms with Gasteiger partial charge in [-0.3, -0.25) is 10.1 Å². The number of hydrogen-bond donors (Lipinski definition) is 1. The second-order valence-electron chi connectivity index (χ2n) is 5.24. The Bertz CT molecular complexity index is 951. The smallest absolute Gasteiger partial charge is 0.298 e. The molecule has 136 valence electrons. The van der Waals surface area contributed by atoms with Gasteiger partial charge in [-0.05, 0) is 24.6 Å². The summed E-state index contributed by atoms with van der Waals surface area (Å²) >= 11 is 6.70. The van der Waals surface area contributed by atoms with Gasteiger partial charge in [0.2, 0.25) is 0 Å². The zero-order valence-corrected chi connectivity index (χ0v) is 14.9. The Labute approximate surface area is 155 Å². The Morgan fingerprint density at radius 3 is 2.77 bits per heavy atom. The van der Waals surface area contributed by atoms with Crippen LogP contribution in [0.3, 0.4) is 0 Å². The number of nitrogens with one attached hydrogen (secondary N) is 1. The summed E-state index contributed by atoms with van der Waals surface area (Å²) in [5.41, 5.74) is 0.513. The highest BCUT2D eigenvalue weighted by molar-refractivity contribution is 7.14. The van der Waals surface area contributed by atoms with E-state index < -0.39 is 17.8 Å². The number of anilines is 1. The Balaban J connectivity index is 1.87. The lowest BCUT2D eigenvalue weighted by atomic mass is 10.2. The molecule has 0 aliphatic carbocycles. The molecule has 0 aliphatic rings. The Morgan fingerprint density at radius 1 is 1.38 bits per heavy atom. The minimum atomic E-state index is -4.55. The summed E-state index contributed by atoms with van der Waals surface area (Å²) in [6.07, 6.45) is -2.69. The second-order valence-corrected chi connectivity index (χ2v) is 6.53. The van der Waals surface area contributed by atoms with Crippen molar-refractivity contribution in [3.63, 3.8) is 0 Å². The lowest BCUT2D eigenvalue weighted by molar-refractivity contribution is -0.140. The van der Waals surface area contributed by atoms with Gasteiger partial charge < -0.3 is 0 Å². The molecule has 0 spiro atoms. The first-order valence-corrected chi connectivity index (χ1v) is 8.72. The first kappa shape index (κ1) is 18.4. The minimum Gasteiger partial charge on any atom is -0.298 e. The van der Waals surface area contributed by atoms with Crippen molar-refractivity contribution in [3.8, 4) is 5.69 Å². The highest BCUT2D eigenvalue weighted by atomic mass is 35.5. The molecule has 1 aromatic carbocycles. The number of carbonyl (C=O) groups excluding carboxylic acids is 1. The van der Waals surface area contributed by atoms with E-state index in [9.17, 15) is 18.0 Å². The molecule has 0 bridgehead atoms. The molecule has 1 amide bonds. The van der Waals surface area contributed by atoms with Gasteiger partial charge in [0.25, 0.3) is 5.91 Å². The third-order valence-electron chi connectivity index (χ3n) is 3.52. The van der Waals surface area contributed by atoms with Crippen LogP contribution in [0.2, 0.25) is 5.02 Å². The summed E-state index contributed by atoms with van der Waals surface area (Å²) in [5.74, 6) is -0.571. The number of amides is 1. The van der Waals surface area contributed by atoms with Crippen LogP contribution >= 0.6 is 22.9 Å². The van der Waals surface area contributed by atoms with Crippen LogP contribution in [0.15, 0.2) is 35.8 Å². The third kappa shape index (κ3) is 3.73. The largest absolute Gasteiger partial charge is 0.434 e. The van der Waals surface area contributed by atoms with Gasteiger partial charge in [0.15, 0.2) is 10.8 Å². The van der Waals surface area contributed by atoms with Crippen LogP contribution < -0.4 is 5.32 Å². The van der Waals surface area contributed by atoms with Crippen molar-refractivity contribution in [3.05, 3.63) is 57.8 Å². The molecular formula is C16H12ClF3N4OS. The zero-order chi connectivity index (χ0) is 18.9. The predicted molar refractivity (Wildman–Crippen MR) is 93.0 cm³/mol. The normalized spacial score (nSPS) is 11.6. The first-order chi connectivity index (χ1) is 12.3. The summed E-state index contributed by atoms with van der Waals surface area (Å²) in [4.78, 5) is 15.9. The number of alkyl halides is 3. The van der Waals surface area contributed by atoms with Crippen molar-refractivity contribution in [2.75, 3.05) is 5.32 Å². The molecule has 0 fully saturated rings. The summed E-state index contributed by atoms with van der Waals surface area (Å²) < 4.78 is 39.4. The van der Waals surface area contributed by atoms with E-state index in [4.69, 9.17) is 11.6 Å². The molecule has 0 unspecified atom stereocenters. The van der Waals surface area contributed by atoms with Gasteiger partial charge >= 0.3 is 6.18 Å². The van der Waals surface area contributed by atoms with E-state index in [2.05, 4.69) is 15.4 Å². The predicted octanol–water partition coefficient (Wildman–Crippen LogP) is 4.82. The molecule has 0 radical (unpaired) electrons. The molecule has 10 heteroatoms. The van der Waals surface area contributed by atoms with E-state index in [0.717, 1.165) is 5.38 Å². The first-order valence-electron chi connectivity index (χ1n) is 7.46. The van der Waals surface area contributed by atoms with Crippen LogP contribution in [0.5, 0.6) is 0 Å². The second kappa shape index (κ2) is 7.08. The molecule has 1 N–H and O–H groups in total. The standard InChI is InChI=1S/C16H12ClF3N4OS/c1-2-12-11(7-21-24(12)10-5-3-4-9(17)6-10)14(25)23-15-22-13(8-26-15)16(18,19)20/h3-8H,2H2,1H3,(H,22,23,25). The molecule has 5 nitrogen and oxygen atoms in total. The fourth-order valence-electron chi connectivity index (χ4n) is 2.36. The summed E-state index contributed by atoms with van der Waals surface area (Å²) in [6, 6.07) is 6.96. The van der Waals surface area contributed by atoms with Crippen molar-refractivity contribution >= 4 is 34.0 Å². The van der Waals surface area contributed by atoms with Crippen molar-refractivity contribution < 1.29 is 18.0 Å². The average Bonchev–Trinajstić information content (AvgIpc) is 3.20. The highest BCUT2D eigenvalue weighted by Crippen LogP contribution is 2.31. The number of halogens is 4. The Kier molecular flexibility index (Phi) is 5.01. The van der Waals surface area contributed by atoms with Crippen LogP contribution in [0.4, 0.5) is 18.3 Å². The van der Waals surface area contributed by atoms with E-state index in [1.54, 1.807) is 28.9 Å². The number of aromatic nitrogens is 3. The Hall–Kier alpha value is -2.39. The van der Waals surface area contributed by atoms with E-state index in [0.29, 0.717) is 34.2 Å². The molecular weight excluding hydrogens is 389 g/mol. The maximum atomic E-state index is 12.6. The molecule has 3 rings (SSSR count). The van der Waals surface area contributed by atoms with Gasteiger partial charge in [-0.2, -0.15) is 18.3 Å². The molecule has 0 saturated carbocycles. The van der Waals surface area contributed by atoms with Crippen molar-refractivity contribution in [1.82, 2.24) is 14.8 Å². The zero-order valence-electron chi connectivity index (χ0n) is 13.3. The van der Waals surface area contributed by atoms with Crippen LogP contribution in [0.25, 0.3) is 5.69 Å². The molecule has 0 atom stereocenters. The van der Waals surface area contributed by atoms with E-state index in [1.165, 1.54) is 6.20 Å². The lowest BCUT2D eigenvalue weighted by Gasteiger charge is -2.08. The van der Waals surface area contributed by atoms with E-state index in [-0.39, 0.29) is 10.7 Å². The van der Waals surface area contributed by atoms with Gasteiger partial charge in [0.05, 0.1) is 23.1 Å². The van der Waals surface area contributed by atoms with Gasteiger partial charge in [0.1, 0.15) is 0 Å². The Morgan fingerprint density at radius 2 is 2.15 bits per heavy atom. The van der Waals surface area contributed by atoms with Crippen LogP contribution in [0, 0.1) is 0 Å². The van der Waals surface area contributed by atoms with Crippen molar-refractivity contribution in [1.29, 1.82) is 0 Å². The molecule has 2 heterocycles. The monoisotopic (exact) mass is 400 g/mol. The molecule has 26 heavy (non-hydrogen) atoms. The van der Waals surface area contributed by atoms with Crippen LogP contribution in [-0.4, -0.2) is 20.7 Å². The quantitative estimate of drug-likeness (QED) is 0.683. The lowest BCUT2D eigenvalue weighted by Crippen LogP contribution is -2.14. The van der Waals surface area contributed by atoms with Gasteiger partial charge in [-0.1, -0.05) is 24.6 Å². The van der Waals surface area contributed by atoms with Gasteiger partial charge in [0, 0.05) is 10.4 Å². The number of hydrogen-bond acceptors (Lipinski definition) is 4. The summed E-state index contributed by atoms with van der Waals surface area (Å²) in [5, 5.41) is 7.85. The molecule has 3 aromatic rings. The number of carbonyl (C=O) groups is 1. The van der Waals surface area contributed by atoms with E-state index >= 15 is 0 Å². The number of nitrogens with zero attached hydrogens (tertiary/aromatic N) is 3. The molecule has 2 aromatic heterocycles. The van der Waals surface area contributed by atoms with Gasteiger partial charge in [-0.25, -0.2) is 9.67 Å². The number of thiazole rings is 1. The maximum absolute atomic E-state index is 12.6. The maximum Gasteiger partial charge on any atom is 0.434 e. The van der Waals surface area contributed by atoms with Crippen LogP contribution in [-0.2, 0) is 12.6 Å².